The van der Waals surface area contributed by atoms with Crippen molar-refractivity contribution < 1.29 is 9.84 Å². The second kappa shape index (κ2) is 4.07. The minimum Gasteiger partial charge on any atom is -0.396 e. The first-order valence-corrected chi connectivity index (χ1v) is 4.51. The predicted molar refractivity (Wildman–Crippen MR) is 44.5 cm³/mol. The van der Waals surface area contributed by atoms with E-state index in [1.54, 1.807) is 0 Å². The highest BCUT2D eigenvalue weighted by molar-refractivity contribution is 4.86. The van der Waals surface area contributed by atoms with E-state index in [-0.39, 0.29) is 5.41 Å². The van der Waals surface area contributed by atoms with Gasteiger partial charge in [-0.25, -0.2) is 0 Å². The van der Waals surface area contributed by atoms with Crippen LogP contribution < -0.4 is 0 Å². The first-order chi connectivity index (χ1) is 5.33. The standard InChI is InChI=1S/C9H18O2/c1-2-11-7-6-9(8-10)4-3-5-9/h10H,2-8H2,1H3. The highest BCUT2D eigenvalue weighted by Gasteiger charge is 2.35. The van der Waals surface area contributed by atoms with Crippen LogP contribution in [0.4, 0.5) is 0 Å². The molecule has 0 amide bonds. The van der Waals surface area contributed by atoms with Gasteiger partial charge >= 0.3 is 0 Å². The van der Waals surface area contributed by atoms with Crippen LogP contribution in [0.5, 0.6) is 0 Å². The molecule has 1 rings (SSSR count). The van der Waals surface area contributed by atoms with Crippen LogP contribution in [-0.2, 0) is 4.74 Å². The molecule has 0 spiro atoms. The number of aliphatic hydroxyl groups excluding tert-OH is 1. The molecule has 2 nitrogen and oxygen atoms in total. The van der Waals surface area contributed by atoms with Gasteiger partial charge < -0.3 is 9.84 Å². The van der Waals surface area contributed by atoms with Crippen molar-refractivity contribution >= 4 is 0 Å². The summed E-state index contributed by atoms with van der Waals surface area (Å²) in [5.41, 5.74) is 0.245. The maximum atomic E-state index is 9.08. The molecule has 0 saturated heterocycles. The van der Waals surface area contributed by atoms with Crippen molar-refractivity contribution in [2.24, 2.45) is 5.41 Å². The van der Waals surface area contributed by atoms with E-state index in [0.717, 1.165) is 19.6 Å². The normalized spacial score (nSPS) is 21.3. The molecule has 66 valence electrons. The average Bonchev–Trinajstić information content (AvgIpc) is 1.95. The largest absolute Gasteiger partial charge is 0.396 e. The quantitative estimate of drug-likeness (QED) is 0.615. The van der Waals surface area contributed by atoms with Crippen LogP contribution >= 0.6 is 0 Å². The Bertz CT molecular complexity index is 103. The molecule has 1 saturated carbocycles. The fraction of sp³-hybridized carbons (Fsp3) is 1.00. The Labute approximate surface area is 68.6 Å². The van der Waals surface area contributed by atoms with Gasteiger partial charge in [0, 0.05) is 19.8 Å². The molecule has 1 aliphatic carbocycles. The van der Waals surface area contributed by atoms with Crippen molar-refractivity contribution in [1.29, 1.82) is 0 Å². The van der Waals surface area contributed by atoms with Crippen LogP contribution in [0.25, 0.3) is 0 Å². The lowest BCUT2D eigenvalue weighted by Crippen LogP contribution is -2.34. The van der Waals surface area contributed by atoms with Gasteiger partial charge in [0.25, 0.3) is 0 Å². The summed E-state index contributed by atoms with van der Waals surface area (Å²) in [6.07, 6.45) is 4.71. The Morgan fingerprint density at radius 1 is 1.45 bits per heavy atom. The topological polar surface area (TPSA) is 29.5 Å². The molecule has 0 aromatic carbocycles. The van der Waals surface area contributed by atoms with Crippen LogP contribution in [0.3, 0.4) is 0 Å². The SMILES string of the molecule is CCOCCC1(CO)CCC1. The van der Waals surface area contributed by atoms with Gasteiger partial charge in [0.05, 0.1) is 0 Å². The van der Waals surface area contributed by atoms with Crippen molar-refractivity contribution in [3.63, 3.8) is 0 Å². The van der Waals surface area contributed by atoms with Gasteiger partial charge in [0.15, 0.2) is 0 Å². The van der Waals surface area contributed by atoms with E-state index in [1.807, 2.05) is 6.92 Å². The second-order valence-electron chi connectivity index (χ2n) is 3.46. The Balaban J connectivity index is 2.11. The molecule has 0 unspecified atom stereocenters. The summed E-state index contributed by atoms with van der Waals surface area (Å²) in [6.45, 7) is 3.96. The Morgan fingerprint density at radius 2 is 2.18 bits per heavy atom. The summed E-state index contributed by atoms with van der Waals surface area (Å²) in [4.78, 5) is 0. The zero-order valence-electron chi connectivity index (χ0n) is 7.31. The van der Waals surface area contributed by atoms with E-state index in [9.17, 15) is 0 Å². The molecule has 1 fully saturated rings. The summed E-state index contributed by atoms with van der Waals surface area (Å²) in [5.74, 6) is 0. The molecule has 0 radical (unpaired) electrons. The summed E-state index contributed by atoms with van der Waals surface area (Å²) in [6, 6.07) is 0. The monoisotopic (exact) mass is 158 g/mol. The van der Waals surface area contributed by atoms with Gasteiger partial charge in [-0.15, -0.1) is 0 Å². The van der Waals surface area contributed by atoms with Crippen LogP contribution in [0.15, 0.2) is 0 Å². The number of hydrogen-bond acceptors (Lipinski definition) is 2. The highest BCUT2D eigenvalue weighted by Crippen LogP contribution is 2.43. The zero-order valence-corrected chi connectivity index (χ0v) is 7.31. The van der Waals surface area contributed by atoms with E-state index >= 15 is 0 Å². The lowest BCUT2D eigenvalue weighted by molar-refractivity contribution is 0.00578. The summed E-state index contributed by atoms with van der Waals surface area (Å²) < 4.78 is 5.26. The number of hydrogen-bond donors (Lipinski definition) is 1. The van der Waals surface area contributed by atoms with Crippen LogP contribution in [-0.4, -0.2) is 24.9 Å². The Morgan fingerprint density at radius 3 is 2.55 bits per heavy atom. The van der Waals surface area contributed by atoms with Crippen molar-refractivity contribution in [2.75, 3.05) is 19.8 Å². The summed E-state index contributed by atoms with van der Waals surface area (Å²) >= 11 is 0. The van der Waals surface area contributed by atoms with Crippen molar-refractivity contribution in [1.82, 2.24) is 0 Å². The number of rotatable bonds is 5. The van der Waals surface area contributed by atoms with Gasteiger partial charge in [-0.1, -0.05) is 6.42 Å². The predicted octanol–water partition coefficient (Wildman–Crippen LogP) is 1.58. The first-order valence-electron chi connectivity index (χ1n) is 4.51. The van der Waals surface area contributed by atoms with E-state index in [1.165, 1.54) is 19.3 Å². The molecule has 0 aromatic heterocycles. The Kier molecular flexibility index (Phi) is 3.34. The van der Waals surface area contributed by atoms with Gasteiger partial charge in [0.1, 0.15) is 0 Å². The fourth-order valence-electron chi connectivity index (χ4n) is 1.60. The Hall–Kier alpha value is -0.0800. The third kappa shape index (κ3) is 2.17. The van der Waals surface area contributed by atoms with Crippen LogP contribution in [0, 0.1) is 5.41 Å². The number of ether oxygens (including phenoxy) is 1. The average molecular weight is 158 g/mol. The second-order valence-corrected chi connectivity index (χ2v) is 3.46. The third-order valence-corrected chi connectivity index (χ3v) is 2.73. The lowest BCUT2D eigenvalue weighted by atomic mass is 9.67. The van der Waals surface area contributed by atoms with Gasteiger partial charge in [0.2, 0.25) is 0 Å². The minimum atomic E-state index is 0.245. The van der Waals surface area contributed by atoms with Gasteiger partial charge in [-0.05, 0) is 31.6 Å². The fourth-order valence-corrected chi connectivity index (χ4v) is 1.60. The van der Waals surface area contributed by atoms with Crippen molar-refractivity contribution in [3.05, 3.63) is 0 Å². The van der Waals surface area contributed by atoms with E-state index in [0.29, 0.717) is 6.61 Å². The lowest BCUT2D eigenvalue weighted by Gasteiger charge is -2.40. The highest BCUT2D eigenvalue weighted by atomic mass is 16.5. The molecule has 1 aliphatic rings. The van der Waals surface area contributed by atoms with E-state index in [4.69, 9.17) is 9.84 Å². The molecule has 0 heterocycles. The van der Waals surface area contributed by atoms with Crippen molar-refractivity contribution in [2.45, 2.75) is 32.6 Å². The van der Waals surface area contributed by atoms with E-state index in [2.05, 4.69) is 0 Å². The smallest absolute Gasteiger partial charge is 0.0488 e. The number of aliphatic hydroxyl groups is 1. The van der Waals surface area contributed by atoms with Crippen molar-refractivity contribution in [3.8, 4) is 0 Å². The summed E-state index contributed by atoms with van der Waals surface area (Å²) in [7, 11) is 0. The van der Waals surface area contributed by atoms with Crippen LogP contribution in [0.2, 0.25) is 0 Å². The molecule has 0 atom stereocenters. The molecule has 0 bridgehead atoms. The minimum absolute atomic E-state index is 0.245. The van der Waals surface area contributed by atoms with E-state index < -0.39 is 0 Å². The molecule has 0 aliphatic heterocycles. The van der Waals surface area contributed by atoms with Gasteiger partial charge in [-0.3, -0.25) is 0 Å². The zero-order chi connectivity index (χ0) is 8.16. The maximum Gasteiger partial charge on any atom is 0.0488 e. The molecular formula is C9H18O2. The molecule has 0 aromatic rings. The maximum absolute atomic E-state index is 9.08. The first kappa shape index (κ1) is 9.01. The third-order valence-electron chi connectivity index (χ3n) is 2.73. The molecule has 1 N–H and O–H groups in total. The summed E-state index contributed by atoms with van der Waals surface area (Å²) in [5, 5.41) is 9.08. The van der Waals surface area contributed by atoms with Gasteiger partial charge in [-0.2, -0.15) is 0 Å². The van der Waals surface area contributed by atoms with Crippen LogP contribution in [0.1, 0.15) is 32.6 Å². The molecule has 11 heavy (non-hydrogen) atoms. The molecule has 2 heteroatoms. The molecular weight excluding hydrogens is 140 g/mol.